The third kappa shape index (κ3) is 2.61. The fraction of sp³-hybridized carbons (Fsp3) is 0.286. The Kier molecular flexibility index (Phi) is 2.84. The minimum atomic E-state index is -0.376. The van der Waals surface area contributed by atoms with Crippen molar-refractivity contribution in [3.8, 4) is 0 Å². The Bertz CT molecular complexity index is 493. The van der Waals surface area contributed by atoms with Crippen molar-refractivity contribution in [1.29, 1.82) is 0 Å². The summed E-state index contributed by atoms with van der Waals surface area (Å²) in [6.45, 7) is 5.89. The summed E-state index contributed by atoms with van der Waals surface area (Å²) in [5, 5.41) is 0. The molecule has 0 aromatic heterocycles. The smallest absolute Gasteiger partial charge is 0.363 e. The third-order valence-corrected chi connectivity index (χ3v) is 2.37. The molecule has 0 N–H and O–H groups in total. The van der Waals surface area contributed by atoms with E-state index in [0.717, 1.165) is 5.56 Å². The SMILES string of the molecule is CC(C)(C)C1=NC(=Cc2ccccc2)C(=O)O1. The van der Waals surface area contributed by atoms with E-state index in [1.54, 1.807) is 6.08 Å². The maximum Gasteiger partial charge on any atom is 0.363 e. The zero-order valence-electron chi connectivity index (χ0n) is 10.2. The normalized spacial score (nSPS) is 18.2. The molecule has 2 rings (SSSR count). The van der Waals surface area contributed by atoms with Crippen LogP contribution in [0.25, 0.3) is 6.08 Å². The van der Waals surface area contributed by atoms with Crippen LogP contribution < -0.4 is 0 Å². The lowest BCUT2D eigenvalue weighted by Crippen LogP contribution is -2.21. The Morgan fingerprint density at radius 3 is 2.35 bits per heavy atom. The second-order valence-electron chi connectivity index (χ2n) is 5.00. The molecule has 1 heterocycles. The van der Waals surface area contributed by atoms with Crippen molar-refractivity contribution in [2.24, 2.45) is 10.4 Å². The molecule has 0 atom stereocenters. The highest BCUT2D eigenvalue weighted by Crippen LogP contribution is 2.25. The monoisotopic (exact) mass is 229 g/mol. The van der Waals surface area contributed by atoms with Gasteiger partial charge in [0.2, 0.25) is 5.90 Å². The maximum atomic E-state index is 11.6. The van der Waals surface area contributed by atoms with E-state index in [1.165, 1.54) is 0 Å². The lowest BCUT2D eigenvalue weighted by molar-refractivity contribution is -0.130. The van der Waals surface area contributed by atoms with Gasteiger partial charge in [-0.15, -0.1) is 0 Å². The van der Waals surface area contributed by atoms with Crippen molar-refractivity contribution in [2.45, 2.75) is 20.8 Å². The molecule has 0 saturated heterocycles. The summed E-state index contributed by atoms with van der Waals surface area (Å²) in [5.74, 6) is 0.100. The molecule has 17 heavy (non-hydrogen) atoms. The van der Waals surface area contributed by atoms with E-state index < -0.39 is 0 Å². The van der Waals surface area contributed by atoms with Gasteiger partial charge < -0.3 is 4.74 Å². The van der Waals surface area contributed by atoms with Crippen molar-refractivity contribution in [3.63, 3.8) is 0 Å². The van der Waals surface area contributed by atoms with Crippen LogP contribution in [0, 0.1) is 5.41 Å². The number of carbonyl (C=O) groups excluding carboxylic acids is 1. The minimum Gasteiger partial charge on any atom is -0.406 e. The second-order valence-corrected chi connectivity index (χ2v) is 5.00. The van der Waals surface area contributed by atoms with Crippen LogP contribution in [-0.2, 0) is 9.53 Å². The molecule has 1 aromatic rings. The van der Waals surface area contributed by atoms with Gasteiger partial charge in [0.25, 0.3) is 0 Å². The molecule has 88 valence electrons. The molecule has 1 aliphatic rings. The number of esters is 1. The van der Waals surface area contributed by atoms with Crippen LogP contribution in [0.3, 0.4) is 0 Å². The lowest BCUT2D eigenvalue weighted by atomic mass is 9.97. The number of nitrogens with zero attached hydrogens (tertiary/aromatic N) is 1. The van der Waals surface area contributed by atoms with Crippen molar-refractivity contribution in [1.82, 2.24) is 0 Å². The first-order valence-electron chi connectivity index (χ1n) is 5.55. The molecule has 0 aliphatic carbocycles. The van der Waals surface area contributed by atoms with Crippen LogP contribution in [0.15, 0.2) is 41.0 Å². The van der Waals surface area contributed by atoms with E-state index in [0.29, 0.717) is 11.6 Å². The molecule has 1 aromatic carbocycles. The molecule has 3 heteroatoms. The van der Waals surface area contributed by atoms with Crippen LogP contribution in [0.2, 0.25) is 0 Å². The standard InChI is InChI=1S/C14H15NO2/c1-14(2,3)13-15-11(12(16)17-13)9-10-7-5-4-6-8-10/h4-9H,1-3H3. The van der Waals surface area contributed by atoms with E-state index in [2.05, 4.69) is 4.99 Å². The first-order chi connectivity index (χ1) is 7.97. The zero-order valence-corrected chi connectivity index (χ0v) is 10.2. The quantitative estimate of drug-likeness (QED) is 0.548. The molecule has 0 unspecified atom stereocenters. The van der Waals surface area contributed by atoms with Crippen molar-refractivity contribution in [2.75, 3.05) is 0 Å². The Labute approximate surface area is 101 Å². The Hall–Kier alpha value is -1.90. The summed E-state index contributed by atoms with van der Waals surface area (Å²) in [6.07, 6.45) is 1.74. The van der Waals surface area contributed by atoms with E-state index in [1.807, 2.05) is 51.1 Å². The van der Waals surface area contributed by atoms with E-state index in [4.69, 9.17) is 4.74 Å². The molecule has 0 amide bonds. The second kappa shape index (κ2) is 4.17. The first kappa shape index (κ1) is 11.6. The Morgan fingerprint density at radius 1 is 1.18 bits per heavy atom. The average molecular weight is 229 g/mol. The number of carbonyl (C=O) groups is 1. The molecule has 1 aliphatic heterocycles. The minimum absolute atomic E-state index is 0.248. The van der Waals surface area contributed by atoms with Gasteiger partial charge in [-0.2, -0.15) is 0 Å². The van der Waals surface area contributed by atoms with Gasteiger partial charge in [-0.1, -0.05) is 51.1 Å². The topological polar surface area (TPSA) is 38.7 Å². The Morgan fingerprint density at radius 2 is 1.82 bits per heavy atom. The van der Waals surface area contributed by atoms with Crippen LogP contribution in [-0.4, -0.2) is 11.9 Å². The highest BCUT2D eigenvalue weighted by Gasteiger charge is 2.31. The van der Waals surface area contributed by atoms with Crippen molar-refractivity contribution < 1.29 is 9.53 Å². The van der Waals surface area contributed by atoms with E-state index in [-0.39, 0.29) is 11.4 Å². The van der Waals surface area contributed by atoms with Gasteiger partial charge in [0.15, 0.2) is 5.70 Å². The van der Waals surface area contributed by atoms with Gasteiger partial charge >= 0.3 is 5.97 Å². The van der Waals surface area contributed by atoms with Crippen LogP contribution >= 0.6 is 0 Å². The van der Waals surface area contributed by atoms with Gasteiger partial charge in [0.05, 0.1) is 0 Å². The lowest BCUT2D eigenvalue weighted by Gasteiger charge is -2.15. The van der Waals surface area contributed by atoms with E-state index in [9.17, 15) is 4.79 Å². The fourth-order valence-electron chi connectivity index (χ4n) is 1.44. The molecule has 0 bridgehead atoms. The number of hydrogen-bond acceptors (Lipinski definition) is 3. The number of hydrogen-bond donors (Lipinski definition) is 0. The zero-order chi connectivity index (χ0) is 12.5. The summed E-state index contributed by atoms with van der Waals surface area (Å²) in [5.41, 5.74) is 1.06. The highest BCUT2D eigenvalue weighted by molar-refractivity contribution is 6.08. The summed E-state index contributed by atoms with van der Waals surface area (Å²) in [7, 11) is 0. The number of benzene rings is 1. The molecule has 0 saturated carbocycles. The molecule has 0 radical (unpaired) electrons. The van der Waals surface area contributed by atoms with Gasteiger partial charge in [-0.3, -0.25) is 0 Å². The van der Waals surface area contributed by atoms with Gasteiger partial charge in [0, 0.05) is 5.41 Å². The van der Waals surface area contributed by atoms with Crippen LogP contribution in [0.5, 0.6) is 0 Å². The number of aliphatic imine (C=N–C) groups is 1. The molecule has 3 nitrogen and oxygen atoms in total. The predicted octanol–water partition coefficient (Wildman–Crippen LogP) is 3.03. The highest BCUT2D eigenvalue weighted by atomic mass is 16.6. The van der Waals surface area contributed by atoms with E-state index >= 15 is 0 Å². The predicted molar refractivity (Wildman–Crippen MR) is 67.4 cm³/mol. The number of rotatable bonds is 1. The number of ether oxygens (including phenoxy) is 1. The van der Waals surface area contributed by atoms with Gasteiger partial charge in [0.1, 0.15) is 0 Å². The summed E-state index contributed by atoms with van der Waals surface area (Å²) < 4.78 is 5.15. The van der Waals surface area contributed by atoms with Crippen LogP contribution in [0.1, 0.15) is 26.3 Å². The van der Waals surface area contributed by atoms with Crippen molar-refractivity contribution >= 4 is 17.9 Å². The summed E-state index contributed by atoms with van der Waals surface area (Å²) in [4.78, 5) is 15.9. The average Bonchev–Trinajstić information content (AvgIpc) is 2.62. The fourth-order valence-corrected chi connectivity index (χ4v) is 1.44. The molecule has 0 fully saturated rings. The first-order valence-corrected chi connectivity index (χ1v) is 5.55. The molecule has 0 spiro atoms. The van der Waals surface area contributed by atoms with Gasteiger partial charge in [-0.25, -0.2) is 9.79 Å². The molecular formula is C14H15NO2. The van der Waals surface area contributed by atoms with Crippen LogP contribution in [0.4, 0.5) is 0 Å². The summed E-state index contributed by atoms with van der Waals surface area (Å²) in [6, 6.07) is 9.61. The largest absolute Gasteiger partial charge is 0.406 e. The maximum absolute atomic E-state index is 11.6. The molecular weight excluding hydrogens is 214 g/mol. The third-order valence-electron chi connectivity index (χ3n) is 2.37. The van der Waals surface area contributed by atoms with Crippen molar-refractivity contribution in [3.05, 3.63) is 41.6 Å². The Balaban J connectivity index is 2.32. The summed E-state index contributed by atoms with van der Waals surface area (Å²) >= 11 is 0. The number of cyclic esters (lactones) is 1. The van der Waals surface area contributed by atoms with Gasteiger partial charge in [-0.05, 0) is 11.6 Å².